The fourth-order valence-corrected chi connectivity index (χ4v) is 2.38. The van der Waals surface area contributed by atoms with Crippen LogP contribution < -0.4 is 11.1 Å². The van der Waals surface area contributed by atoms with Crippen LogP contribution in [0, 0.1) is 10.1 Å². The molecule has 1 aromatic rings. The third kappa shape index (κ3) is 4.73. The first-order valence-corrected chi connectivity index (χ1v) is 7.16. The summed E-state index contributed by atoms with van der Waals surface area (Å²) in [7, 11) is 0. The fourth-order valence-electron chi connectivity index (χ4n) is 1.57. The highest BCUT2D eigenvalue weighted by atomic mass is 32.2. The van der Waals surface area contributed by atoms with Gasteiger partial charge < -0.3 is 11.1 Å². The summed E-state index contributed by atoms with van der Waals surface area (Å²) < 4.78 is 0.114. The first-order valence-electron chi connectivity index (χ1n) is 6.17. The van der Waals surface area contributed by atoms with Gasteiger partial charge in [0.1, 0.15) is 5.56 Å². The Morgan fingerprint density at radius 2 is 2.10 bits per heavy atom. The molecule has 0 aliphatic heterocycles. The van der Waals surface area contributed by atoms with Gasteiger partial charge in [0.05, 0.1) is 10.6 Å². The number of hydrogen-bond acceptors (Lipinski definition) is 5. The second kappa shape index (κ2) is 6.60. The number of carbonyl (C=O) groups is 1. The number of nitrogens with two attached hydrogens (primary N) is 1. The van der Waals surface area contributed by atoms with Gasteiger partial charge in [-0.3, -0.25) is 14.9 Å². The summed E-state index contributed by atoms with van der Waals surface area (Å²) in [6.45, 7) is 6.69. The van der Waals surface area contributed by atoms with Crippen molar-refractivity contribution in [1.82, 2.24) is 5.32 Å². The van der Waals surface area contributed by atoms with Gasteiger partial charge in [0.25, 0.3) is 11.6 Å². The number of nitrogen functional groups attached to an aromatic ring is 1. The van der Waals surface area contributed by atoms with Crippen LogP contribution in [0.25, 0.3) is 0 Å². The number of nitrogens with zero attached hydrogens (tertiary/aromatic N) is 1. The van der Waals surface area contributed by atoms with Gasteiger partial charge in [-0.25, -0.2) is 0 Å². The predicted molar refractivity (Wildman–Crippen MR) is 82.1 cm³/mol. The summed E-state index contributed by atoms with van der Waals surface area (Å²) >= 11 is 1.71. The lowest BCUT2D eigenvalue weighted by Gasteiger charge is -2.17. The molecule has 1 rings (SSSR count). The molecule has 1 aromatic carbocycles. The van der Waals surface area contributed by atoms with Crippen LogP contribution in [0.2, 0.25) is 0 Å². The Labute approximate surface area is 122 Å². The van der Waals surface area contributed by atoms with E-state index in [-0.39, 0.29) is 21.7 Å². The van der Waals surface area contributed by atoms with Crippen molar-refractivity contribution in [3.8, 4) is 0 Å². The maximum Gasteiger partial charge on any atom is 0.284 e. The fraction of sp³-hybridized carbons (Fsp3) is 0.462. The quantitative estimate of drug-likeness (QED) is 0.376. The van der Waals surface area contributed by atoms with E-state index in [1.807, 2.05) is 0 Å². The van der Waals surface area contributed by atoms with Crippen molar-refractivity contribution in [2.45, 2.75) is 25.5 Å². The van der Waals surface area contributed by atoms with Crippen LogP contribution in [-0.2, 0) is 0 Å². The Morgan fingerprint density at radius 3 is 2.65 bits per heavy atom. The molecule has 0 unspecified atom stereocenters. The molecule has 0 spiro atoms. The molecule has 0 aromatic heterocycles. The number of amides is 1. The van der Waals surface area contributed by atoms with Gasteiger partial charge in [-0.05, 0) is 6.07 Å². The van der Waals surface area contributed by atoms with Gasteiger partial charge in [0.2, 0.25) is 0 Å². The van der Waals surface area contributed by atoms with E-state index in [1.54, 1.807) is 11.8 Å². The number of thioether (sulfide) groups is 1. The second-order valence-corrected chi connectivity index (χ2v) is 7.14. The van der Waals surface area contributed by atoms with Crippen LogP contribution >= 0.6 is 11.8 Å². The van der Waals surface area contributed by atoms with Crippen LogP contribution in [0.4, 0.5) is 11.4 Å². The van der Waals surface area contributed by atoms with E-state index in [2.05, 4.69) is 26.1 Å². The number of hydrogen-bond donors (Lipinski definition) is 2. The maximum absolute atomic E-state index is 12.0. The van der Waals surface area contributed by atoms with Gasteiger partial charge in [-0.15, -0.1) is 0 Å². The van der Waals surface area contributed by atoms with E-state index >= 15 is 0 Å². The Morgan fingerprint density at radius 1 is 1.45 bits per heavy atom. The first-order chi connectivity index (χ1) is 9.22. The standard InChI is InChI=1S/C13H19N3O3S/c1-13(2,3)20-8-7-15-12(17)11-9(14)5-4-6-10(11)16(18)19/h4-6H,7-8,14H2,1-3H3,(H,15,17). The Bertz CT molecular complexity index is 512. The van der Waals surface area contributed by atoms with Crippen molar-refractivity contribution in [2.24, 2.45) is 0 Å². The number of rotatable bonds is 5. The monoisotopic (exact) mass is 297 g/mol. The molecule has 0 saturated heterocycles. The van der Waals surface area contributed by atoms with Crippen molar-refractivity contribution >= 4 is 29.0 Å². The van der Waals surface area contributed by atoms with Crippen LogP contribution in [0.5, 0.6) is 0 Å². The molecule has 0 fully saturated rings. The van der Waals surface area contributed by atoms with Gasteiger partial charge in [0.15, 0.2) is 0 Å². The van der Waals surface area contributed by atoms with E-state index in [9.17, 15) is 14.9 Å². The molecular formula is C13H19N3O3S. The minimum atomic E-state index is -0.602. The lowest BCUT2D eigenvalue weighted by Crippen LogP contribution is -2.28. The van der Waals surface area contributed by atoms with Crippen molar-refractivity contribution < 1.29 is 9.72 Å². The van der Waals surface area contributed by atoms with Gasteiger partial charge in [-0.1, -0.05) is 26.8 Å². The molecule has 3 N–H and O–H groups in total. The van der Waals surface area contributed by atoms with Crippen LogP contribution in [-0.4, -0.2) is 27.9 Å². The van der Waals surface area contributed by atoms with Crippen molar-refractivity contribution in [2.75, 3.05) is 18.0 Å². The molecule has 0 saturated carbocycles. The van der Waals surface area contributed by atoms with Crippen LogP contribution in [0.1, 0.15) is 31.1 Å². The summed E-state index contributed by atoms with van der Waals surface area (Å²) in [5.41, 5.74) is 5.43. The average molecular weight is 297 g/mol. The Kier molecular flexibility index (Phi) is 5.38. The normalized spacial score (nSPS) is 11.2. The molecule has 0 atom stereocenters. The predicted octanol–water partition coefficient (Wildman–Crippen LogP) is 2.44. The molecular weight excluding hydrogens is 278 g/mol. The largest absolute Gasteiger partial charge is 0.398 e. The van der Waals surface area contributed by atoms with Crippen LogP contribution in [0.15, 0.2) is 18.2 Å². The number of nitrogens with one attached hydrogen (secondary N) is 1. The van der Waals surface area contributed by atoms with E-state index in [0.29, 0.717) is 6.54 Å². The Hall–Kier alpha value is -1.76. The van der Waals surface area contributed by atoms with E-state index in [1.165, 1.54) is 18.2 Å². The maximum atomic E-state index is 12.0. The SMILES string of the molecule is CC(C)(C)SCCNC(=O)c1c(N)cccc1[N+](=O)[O-]. The number of benzene rings is 1. The summed E-state index contributed by atoms with van der Waals surface area (Å²) in [6.07, 6.45) is 0. The zero-order valence-corrected chi connectivity index (χ0v) is 12.6. The van der Waals surface area contributed by atoms with E-state index in [0.717, 1.165) is 5.75 Å². The molecule has 1 amide bonds. The lowest BCUT2D eigenvalue weighted by atomic mass is 10.1. The second-order valence-electron chi connectivity index (χ2n) is 5.22. The molecule has 0 bridgehead atoms. The van der Waals surface area contributed by atoms with Crippen molar-refractivity contribution in [1.29, 1.82) is 0 Å². The molecule has 20 heavy (non-hydrogen) atoms. The Balaban J connectivity index is 2.71. The number of nitro groups is 1. The van der Waals surface area contributed by atoms with E-state index < -0.39 is 10.8 Å². The zero-order valence-electron chi connectivity index (χ0n) is 11.8. The highest BCUT2D eigenvalue weighted by Gasteiger charge is 2.22. The average Bonchev–Trinajstić information content (AvgIpc) is 2.32. The van der Waals surface area contributed by atoms with Gasteiger partial charge in [0, 0.05) is 23.1 Å². The number of carbonyl (C=O) groups excluding carboxylic acids is 1. The van der Waals surface area contributed by atoms with Gasteiger partial charge in [-0.2, -0.15) is 11.8 Å². The third-order valence-electron chi connectivity index (χ3n) is 2.42. The smallest absolute Gasteiger partial charge is 0.284 e. The molecule has 0 heterocycles. The van der Waals surface area contributed by atoms with Crippen LogP contribution in [0.3, 0.4) is 0 Å². The molecule has 0 radical (unpaired) electrons. The van der Waals surface area contributed by atoms with Gasteiger partial charge >= 0.3 is 0 Å². The summed E-state index contributed by atoms with van der Waals surface area (Å²) in [5.74, 6) is 0.222. The number of nitro benzene ring substituents is 1. The molecule has 6 nitrogen and oxygen atoms in total. The summed E-state index contributed by atoms with van der Waals surface area (Å²) in [6, 6.07) is 4.21. The minimum Gasteiger partial charge on any atom is -0.398 e. The lowest BCUT2D eigenvalue weighted by molar-refractivity contribution is -0.385. The summed E-state index contributed by atoms with van der Waals surface area (Å²) in [4.78, 5) is 22.3. The van der Waals surface area contributed by atoms with E-state index in [4.69, 9.17) is 5.73 Å². The number of anilines is 1. The van der Waals surface area contributed by atoms with Crippen molar-refractivity contribution in [3.05, 3.63) is 33.9 Å². The first kappa shape index (κ1) is 16.3. The molecule has 7 heteroatoms. The molecule has 110 valence electrons. The van der Waals surface area contributed by atoms with Crippen molar-refractivity contribution in [3.63, 3.8) is 0 Å². The summed E-state index contributed by atoms with van der Waals surface area (Å²) in [5, 5.41) is 13.6. The topological polar surface area (TPSA) is 98.3 Å². The minimum absolute atomic E-state index is 0.0711. The third-order valence-corrected chi connectivity index (χ3v) is 3.70. The molecule has 0 aliphatic rings. The molecule has 0 aliphatic carbocycles. The highest BCUT2D eigenvalue weighted by molar-refractivity contribution is 8.00. The zero-order chi connectivity index (χ0) is 15.3. The highest BCUT2D eigenvalue weighted by Crippen LogP contribution is 2.24.